The fraction of sp³-hybridized carbons (Fsp3) is 0.100. The predicted octanol–water partition coefficient (Wildman–Crippen LogP) is 3.14. The molecule has 1 N–H and O–H groups in total. The van der Waals surface area contributed by atoms with Gasteiger partial charge in [0.2, 0.25) is 5.56 Å². The normalized spacial score (nSPS) is 10.8. The van der Waals surface area contributed by atoms with Crippen molar-refractivity contribution < 1.29 is 0 Å². The van der Waals surface area contributed by atoms with Crippen LogP contribution in [0.4, 0.5) is 0 Å². The average Bonchev–Trinajstić information content (AvgIpc) is 2.08. The Labute approximate surface area is 90.5 Å². The van der Waals surface area contributed by atoms with Crippen LogP contribution in [-0.4, -0.2) is 4.98 Å². The van der Waals surface area contributed by atoms with Crippen LogP contribution in [0.5, 0.6) is 0 Å². The van der Waals surface area contributed by atoms with Crippen molar-refractivity contribution in [3.05, 3.63) is 44.2 Å². The molecule has 0 fully saturated rings. The van der Waals surface area contributed by atoms with Gasteiger partial charge in [-0.2, -0.15) is 0 Å². The Bertz CT molecular complexity index is 560. The third-order valence-corrected chi connectivity index (χ3v) is 2.81. The molecule has 2 rings (SSSR count). The van der Waals surface area contributed by atoms with E-state index in [1.807, 2.05) is 6.92 Å². The minimum absolute atomic E-state index is 0.131. The Kier molecular flexibility index (Phi) is 2.25. The Morgan fingerprint density at radius 3 is 2.50 bits per heavy atom. The van der Waals surface area contributed by atoms with Crippen LogP contribution in [-0.2, 0) is 0 Å². The summed E-state index contributed by atoms with van der Waals surface area (Å²) in [5.74, 6) is 0. The van der Waals surface area contributed by atoms with Gasteiger partial charge in [0.15, 0.2) is 0 Å². The van der Waals surface area contributed by atoms with Crippen LogP contribution < -0.4 is 5.56 Å². The SMILES string of the molecule is Cc1cc(=O)[nH]c2cc(Cl)c(Cl)cc12. The molecule has 0 aliphatic carbocycles. The minimum atomic E-state index is -0.131. The number of fused-ring (bicyclic) bond motifs is 1. The van der Waals surface area contributed by atoms with Gasteiger partial charge in [-0.1, -0.05) is 23.2 Å². The highest BCUT2D eigenvalue weighted by Crippen LogP contribution is 2.27. The molecule has 0 radical (unpaired) electrons. The molecule has 1 aromatic carbocycles. The van der Waals surface area contributed by atoms with Crippen LogP contribution in [0.1, 0.15) is 5.56 Å². The van der Waals surface area contributed by atoms with Crippen LogP contribution in [0, 0.1) is 6.92 Å². The van der Waals surface area contributed by atoms with E-state index in [2.05, 4.69) is 4.98 Å². The standard InChI is InChI=1S/C10H7Cl2NO/c1-5-2-10(14)13-9-4-8(12)7(11)3-6(5)9/h2-4H,1H3,(H,13,14). The smallest absolute Gasteiger partial charge is 0.248 e. The van der Waals surface area contributed by atoms with E-state index in [0.29, 0.717) is 15.6 Å². The lowest BCUT2D eigenvalue weighted by Crippen LogP contribution is -2.04. The fourth-order valence-corrected chi connectivity index (χ4v) is 1.75. The molecule has 0 unspecified atom stereocenters. The Morgan fingerprint density at radius 2 is 1.79 bits per heavy atom. The van der Waals surface area contributed by atoms with E-state index in [0.717, 1.165) is 10.9 Å². The second-order valence-corrected chi connectivity index (χ2v) is 3.94. The van der Waals surface area contributed by atoms with Crippen molar-refractivity contribution in [3.8, 4) is 0 Å². The summed E-state index contributed by atoms with van der Waals surface area (Å²) in [6, 6.07) is 4.95. The molecule has 1 heterocycles. The molecular formula is C10H7Cl2NO. The van der Waals surface area contributed by atoms with E-state index in [4.69, 9.17) is 23.2 Å². The number of benzene rings is 1. The molecule has 2 nitrogen and oxygen atoms in total. The van der Waals surface area contributed by atoms with Crippen molar-refractivity contribution in [3.63, 3.8) is 0 Å². The fourth-order valence-electron chi connectivity index (χ4n) is 1.42. The van der Waals surface area contributed by atoms with Gasteiger partial charge in [0, 0.05) is 11.5 Å². The highest BCUT2D eigenvalue weighted by atomic mass is 35.5. The topological polar surface area (TPSA) is 32.9 Å². The van der Waals surface area contributed by atoms with Gasteiger partial charge in [0.25, 0.3) is 0 Å². The number of aromatic nitrogens is 1. The lowest BCUT2D eigenvalue weighted by Gasteiger charge is -2.03. The number of hydrogen-bond acceptors (Lipinski definition) is 1. The number of hydrogen-bond donors (Lipinski definition) is 1. The largest absolute Gasteiger partial charge is 0.322 e. The Hall–Kier alpha value is -0.990. The molecule has 14 heavy (non-hydrogen) atoms. The van der Waals surface area contributed by atoms with Crippen molar-refractivity contribution in [2.75, 3.05) is 0 Å². The second kappa shape index (κ2) is 3.30. The first-order valence-corrected chi connectivity index (χ1v) is 4.82. The maximum Gasteiger partial charge on any atom is 0.248 e. The molecule has 72 valence electrons. The number of nitrogens with one attached hydrogen (secondary N) is 1. The molecule has 2 aromatic rings. The summed E-state index contributed by atoms with van der Waals surface area (Å²) >= 11 is 11.7. The first kappa shape index (κ1) is 9.56. The minimum Gasteiger partial charge on any atom is -0.322 e. The number of aromatic amines is 1. The first-order chi connectivity index (χ1) is 6.58. The van der Waals surface area contributed by atoms with E-state index in [1.165, 1.54) is 6.07 Å². The summed E-state index contributed by atoms with van der Waals surface area (Å²) in [7, 11) is 0. The van der Waals surface area contributed by atoms with Crippen LogP contribution >= 0.6 is 23.2 Å². The van der Waals surface area contributed by atoms with E-state index >= 15 is 0 Å². The molecule has 0 bridgehead atoms. The maximum absolute atomic E-state index is 11.2. The summed E-state index contributed by atoms with van der Waals surface area (Å²) in [4.78, 5) is 13.9. The molecule has 0 saturated heterocycles. The highest BCUT2D eigenvalue weighted by Gasteiger charge is 2.04. The van der Waals surface area contributed by atoms with Gasteiger partial charge < -0.3 is 4.98 Å². The molecular weight excluding hydrogens is 221 g/mol. The number of aryl methyl sites for hydroxylation is 1. The quantitative estimate of drug-likeness (QED) is 0.738. The van der Waals surface area contributed by atoms with Gasteiger partial charge in [-0.3, -0.25) is 4.79 Å². The third-order valence-electron chi connectivity index (χ3n) is 2.09. The molecule has 0 aliphatic heterocycles. The number of pyridine rings is 1. The predicted molar refractivity (Wildman–Crippen MR) is 59.3 cm³/mol. The van der Waals surface area contributed by atoms with Gasteiger partial charge in [-0.15, -0.1) is 0 Å². The summed E-state index contributed by atoms with van der Waals surface area (Å²) < 4.78 is 0. The van der Waals surface area contributed by atoms with Gasteiger partial charge in [0.05, 0.1) is 15.6 Å². The average molecular weight is 228 g/mol. The van der Waals surface area contributed by atoms with Crippen molar-refractivity contribution in [1.29, 1.82) is 0 Å². The molecule has 0 aliphatic rings. The monoisotopic (exact) mass is 227 g/mol. The number of halogens is 2. The number of rotatable bonds is 0. The van der Waals surface area contributed by atoms with E-state index < -0.39 is 0 Å². The zero-order valence-electron chi connectivity index (χ0n) is 7.40. The van der Waals surface area contributed by atoms with Crippen LogP contribution in [0.25, 0.3) is 10.9 Å². The molecule has 0 atom stereocenters. The van der Waals surface area contributed by atoms with Crippen molar-refractivity contribution in [2.45, 2.75) is 6.92 Å². The number of H-pyrrole nitrogens is 1. The molecule has 4 heteroatoms. The van der Waals surface area contributed by atoms with Gasteiger partial charge in [0.1, 0.15) is 0 Å². The zero-order chi connectivity index (χ0) is 10.3. The van der Waals surface area contributed by atoms with Crippen LogP contribution in [0.2, 0.25) is 10.0 Å². The van der Waals surface area contributed by atoms with Crippen LogP contribution in [0.3, 0.4) is 0 Å². The van der Waals surface area contributed by atoms with Gasteiger partial charge in [-0.25, -0.2) is 0 Å². The molecule has 0 spiro atoms. The van der Waals surface area contributed by atoms with Gasteiger partial charge in [-0.05, 0) is 24.6 Å². The van der Waals surface area contributed by atoms with E-state index in [1.54, 1.807) is 12.1 Å². The lowest BCUT2D eigenvalue weighted by molar-refractivity contribution is 1.28. The molecule has 0 saturated carbocycles. The van der Waals surface area contributed by atoms with E-state index in [9.17, 15) is 4.79 Å². The summed E-state index contributed by atoms with van der Waals surface area (Å²) in [6.07, 6.45) is 0. The lowest BCUT2D eigenvalue weighted by atomic mass is 10.1. The van der Waals surface area contributed by atoms with Crippen molar-refractivity contribution >= 4 is 34.1 Å². The summed E-state index contributed by atoms with van der Waals surface area (Å²) in [5, 5.41) is 1.86. The third kappa shape index (κ3) is 1.51. The maximum atomic E-state index is 11.2. The highest BCUT2D eigenvalue weighted by molar-refractivity contribution is 6.42. The molecule has 0 amide bonds. The molecule has 1 aromatic heterocycles. The first-order valence-electron chi connectivity index (χ1n) is 4.06. The summed E-state index contributed by atoms with van der Waals surface area (Å²) in [6.45, 7) is 1.86. The van der Waals surface area contributed by atoms with Gasteiger partial charge >= 0.3 is 0 Å². The second-order valence-electron chi connectivity index (χ2n) is 3.13. The van der Waals surface area contributed by atoms with Crippen molar-refractivity contribution in [2.24, 2.45) is 0 Å². The Balaban J connectivity index is 2.96. The van der Waals surface area contributed by atoms with Crippen LogP contribution in [0.15, 0.2) is 23.0 Å². The summed E-state index contributed by atoms with van der Waals surface area (Å²) in [5.41, 5.74) is 1.47. The Morgan fingerprint density at radius 1 is 1.14 bits per heavy atom. The zero-order valence-corrected chi connectivity index (χ0v) is 8.91. The van der Waals surface area contributed by atoms with Crippen molar-refractivity contribution in [1.82, 2.24) is 4.98 Å². The van der Waals surface area contributed by atoms with E-state index in [-0.39, 0.29) is 5.56 Å².